The van der Waals surface area contributed by atoms with E-state index in [0.717, 1.165) is 10.6 Å². The van der Waals surface area contributed by atoms with Crippen LogP contribution in [0.15, 0.2) is 53.5 Å². The molecule has 2 aromatic rings. The average molecular weight is 252 g/mol. The molecule has 0 bridgehead atoms. The van der Waals surface area contributed by atoms with Gasteiger partial charge in [0.25, 0.3) is 5.56 Å². The first-order valence-electron chi connectivity index (χ1n) is 4.82. The van der Waals surface area contributed by atoms with E-state index in [1.54, 1.807) is 22.3 Å². The van der Waals surface area contributed by atoms with E-state index in [0.29, 0.717) is 5.75 Å². The fourth-order valence-electron chi connectivity index (χ4n) is 1.27. The van der Waals surface area contributed by atoms with Crippen molar-refractivity contribution in [2.24, 2.45) is 0 Å². The second-order valence-corrected chi connectivity index (χ2v) is 4.58. The van der Waals surface area contributed by atoms with E-state index in [2.05, 4.69) is 0 Å². The maximum atomic E-state index is 11.4. The maximum Gasteiger partial charge on any atom is 0.260 e. The normalized spacial score (nSPS) is 10.3. The molecule has 0 radical (unpaired) electrons. The van der Waals surface area contributed by atoms with Crippen molar-refractivity contribution in [3.8, 4) is 0 Å². The van der Waals surface area contributed by atoms with E-state index < -0.39 is 0 Å². The first-order valence-corrected chi connectivity index (χ1v) is 6.14. The Hall–Kier alpha value is -1.19. The van der Waals surface area contributed by atoms with Crippen molar-refractivity contribution in [3.05, 3.63) is 69.6 Å². The van der Waals surface area contributed by atoms with E-state index >= 15 is 0 Å². The van der Waals surface area contributed by atoms with Gasteiger partial charge in [-0.3, -0.25) is 8.77 Å². The molecule has 2 nitrogen and oxygen atoms in total. The highest BCUT2D eigenvalue weighted by Crippen LogP contribution is 2.20. The Bertz CT molecular complexity index is 538. The summed E-state index contributed by atoms with van der Waals surface area (Å²) in [6.45, 7) is 0. The summed E-state index contributed by atoms with van der Waals surface area (Å²) in [7, 11) is 0. The molecular weight excluding hydrogens is 242 g/mol. The molecular formula is C12H10ClNOS. The molecule has 0 saturated carbocycles. The Labute approximate surface area is 103 Å². The third-order valence-corrected chi connectivity index (χ3v) is 3.49. The summed E-state index contributed by atoms with van der Waals surface area (Å²) in [6, 6.07) is 12.8. The Kier molecular flexibility index (Phi) is 3.70. The molecule has 82 valence electrons. The molecule has 0 atom stereocenters. The summed E-state index contributed by atoms with van der Waals surface area (Å²) in [5.41, 5.74) is 1.02. The lowest BCUT2D eigenvalue weighted by molar-refractivity contribution is 1.14. The van der Waals surface area contributed by atoms with Gasteiger partial charge in [0, 0.05) is 23.0 Å². The monoisotopic (exact) mass is 251 g/mol. The van der Waals surface area contributed by atoms with Gasteiger partial charge in [-0.1, -0.05) is 35.9 Å². The summed E-state index contributed by atoms with van der Waals surface area (Å²) in [5, 5.41) is 0.735. The number of rotatable bonds is 3. The second-order valence-electron chi connectivity index (χ2n) is 3.23. The van der Waals surface area contributed by atoms with E-state index in [4.69, 9.17) is 11.6 Å². The van der Waals surface area contributed by atoms with Crippen molar-refractivity contribution in [2.75, 3.05) is 0 Å². The zero-order chi connectivity index (χ0) is 11.4. The molecule has 0 amide bonds. The molecule has 1 aromatic heterocycles. The van der Waals surface area contributed by atoms with Crippen LogP contribution in [0.5, 0.6) is 0 Å². The van der Waals surface area contributed by atoms with Crippen molar-refractivity contribution in [1.29, 1.82) is 0 Å². The van der Waals surface area contributed by atoms with Crippen molar-refractivity contribution >= 4 is 23.5 Å². The summed E-state index contributed by atoms with van der Waals surface area (Å²) >= 11 is 7.46. The molecule has 2 rings (SSSR count). The minimum absolute atomic E-state index is 0.0143. The van der Waals surface area contributed by atoms with E-state index in [1.807, 2.05) is 30.3 Å². The second kappa shape index (κ2) is 5.23. The van der Waals surface area contributed by atoms with Gasteiger partial charge in [0.05, 0.1) is 0 Å². The van der Waals surface area contributed by atoms with Crippen LogP contribution in [0.4, 0.5) is 0 Å². The third-order valence-electron chi connectivity index (χ3n) is 2.11. The Morgan fingerprint density at radius 1 is 1.12 bits per heavy atom. The lowest BCUT2D eigenvalue weighted by Crippen LogP contribution is -2.11. The van der Waals surface area contributed by atoms with Crippen LogP contribution < -0.4 is 5.56 Å². The molecule has 0 N–H and O–H groups in total. The quantitative estimate of drug-likeness (QED) is 0.836. The predicted molar refractivity (Wildman–Crippen MR) is 68.8 cm³/mol. The summed E-state index contributed by atoms with van der Waals surface area (Å²) in [6.07, 6.45) is 1.75. The van der Waals surface area contributed by atoms with Crippen LogP contribution in [0.25, 0.3) is 0 Å². The highest BCUT2D eigenvalue weighted by molar-refractivity contribution is 7.97. The lowest BCUT2D eigenvalue weighted by atomic mass is 10.2. The number of halogens is 1. The molecule has 1 aromatic carbocycles. The van der Waals surface area contributed by atoms with Gasteiger partial charge in [0.1, 0.15) is 0 Å². The largest absolute Gasteiger partial charge is 0.268 e. The molecule has 0 unspecified atom stereocenters. The zero-order valence-corrected chi connectivity index (χ0v) is 10.0. The average Bonchev–Trinajstić information content (AvgIpc) is 2.30. The van der Waals surface area contributed by atoms with E-state index in [1.165, 1.54) is 11.9 Å². The number of benzene rings is 1. The topological polar surface area (TPSA) is 22.0 Å². The van der Waals surface area contributed by atoms with Crippen LogP contribution in [-0.2, 0) is 5.75 Å². The van der Waals surface area contributed by atoms with Gasteiger partial charge in [0.2, 0.25) is 0 Å². The SMILES string of the molecule is O=c1ccccn1SCc1ccccc1Cl. The molecule has 0 aliphatic heterocycles. The number of pyridine rings is 1. The van der Waals surface area contributed by atoms with Gasteiger partial charge in [-0.2, -0.15) is 0 Å². The predicted octanol–water partition coefficient (Wildman–Crippen LogP) is 3.20. The van der Waals surface area contributed by atoms with Crippen molar-refractivity contribution in [2.45, 2.75) is 5.75 Å². The van der Waals surface area contributed by atoms with Crippen LogP contribution in [0, 0.1) is 0 Å². The van der Waals surface area contributed by atoms with Gasteiger partial charge >= 0.3 is 0 Å². The van der Waals surface area contributed by atoms with Crippen molar-refractivity contribution in [3.63, 3.8) is 0 Å². The highest BCUT2D eigenvalue weighted by atomic mass is 35.5. The highest BCUT2D eigenvalue weighted by Gasteiger charge is 2.00. The van der Waals surface area contributed by atoms with Crippen LogP contribution in [-0.4, -0.2) is 3.97 Å². The van der Waals surface area contributed by atoms with E-state index in [9.17, 15) is 4.79 Å². The standard InChI is InChI=1S/C12H10ClNOS/c13-11-6-2-1-5-10(11)9-16-14-8-4-3-7-12(14)15/h1-8H,9H2. The van der Waals surface area contributed by atoms with Crippen LogP contribution >= 0.6 is 23.5 Å². The van der Waals surface area contributed by atoms with Crippen LogP contribution in [0.3, 0.4) is 0 Å². The van der Waals surface area contributed by atoms with Gasteiger partial charge in [-0.05, 0) is 29.6 Å². The molecule has 16 heavy (non-hydrogen) atoms. The number of hydrogen-bond acceptors (Lipinski definition) is 2. The smallest absolute Gasteiger partial charge is 0.260 e. The molecule has 4 heteroatoms. The Morgan fingerprint density at radius 3 is 2.62 bits per heavy atom. The molecule has 0 aliphatic carbocycles. The van der Waals surface area contributed by atoms with Gasteiger partial charge in [-0.25, -0.2) is 0 Å². The third kappa shape index (κ3) is 2.68. The minimum Gasteiger partial charge on any atom is -0.268 e. The van der Waals surface area contributed by atoms with Gasteiger partial charge in [0.15, 0.2) is 0 Å². The first-order chi connectivity index (χ1) is 7.77. The van der Waals surface area contributed by atoms with Crippen molar-refractivity contribution in [1.82, 2.24) is 3.97 Å². The van der Waals surface area contributed by atoms with Crippen LogP contribution in [0.1, 0.15) is 5.56 Å². The van der Waals surface area contributed by atoms with Gasteiger partial charge < -0.3 is 0 Å². The number of aromatic nitrogens is 1. The first kappa shape index (κ1) is 11.3. The molecule has 0 spiro atoms. The lowest BCUT2D eigenvalue weighted by Gasteiger charge is -2.05. The van der Waals surface area contributed by atoms with Crippen LogP contribution in [0.2, 0.25) is 5.02 Å². The summed E-state index contributed by atoms with van der Waals surface area (Å²) < 4.78 is 1.60. The molecule has 0 saturated heterocycles. The maximum absolute atomic E-state index is 11.4. The summed E-state index contributed by atoms with van der Waals surface area (Å²) in [4.78, 5) is 11.4. The zero-order valence-electron chi connectivity index (χ0n) is 8.47. The summed E-state index contributed by atoms with van der Waals surface area (Å²) in [5.74, 6) is 0.684. The molecule has 1 heterocycles. The Morgan fingerprint density at radius 2 is 1.88 bits per heavy atom. The number of hydrogen-bond donors (Lipinski definition) is 0. The van der Waals surface area contributed by atoms with Gasteiger partial charge in [-0.15, -0.1) is 0 Å². The van der Waals surface area contributed by atoms with Crippen molar-refractivity contribution < 1.29 is 0 Å². The fraction of sp³-hybridized carbons (Fsp3) is 0.0833. The Balaban J connectivity index is 2.12. The fourth-order valence-corrected chi connectivity index (χ4v) is 2.43. The number of nitrogens with zero attached hydrogens (tertiary/aromatic N) is 1. The van der Waals surface area contributed by atoms with E-state index in [-0.39, 0.29) is 5.56 Å². The molecule has 0 aliphatic rings. The molecule has 0 fully saturated rings. The minimum atomic E-state index is -0.0143.